The molecule has 2 atom stereocenters. The monoisotopic (exact) mass is 488 g/mol. The van der Waals surface area contributed by atoms with Crippen molar-refractivity contribution in [3.63, 3.8) is 0 Å². The van der Waals surface area contributed by atoms with Gasteiger partial charge in [-0.3, -0.25) is 4.79 Å². The molecule has 1 amide bonds. The standard InChI is InChI=1S/C27H28N4O3S/c1-19(20-9-4-2-5-10-20)28-27(32)22-13-8-16-31(18-22)35(33,34)23-14-15-24-25(17-23)30-26(29-24)21-11-6-3-7-12-21/h2-7,9-12,14-15,17,19,22H,8,13,16,18H2,1H3,(H,28,32)(H,29,30)/t19-,22-/m1/s1. The normalized spacial score (nSPS) is 17.8. The van der Waals surface area contributed by atoms with Gasteiger partial charge in [0.2, 0.25) is 15.9 Å². The minimum atomic E-state index is -3.75. The van der Waals surface area contributed by atoms with E-state index in [-0.39, 0.29) is 29.3 Å². The first-order chi connectivity index (χ1) is 16.9. The van der Waals surface area contributed by atoms with Crippen molar-refractivity contribution in [3.8, 4) is 11.4 Å². The SMILES string of the molecule is C[C@@H](NC(=O)[C@@H]1CCCN(S(=O)(=O)c2ccc3nc(-c4ccccc4)[nH]c3c2)C1)c1ccccc1. The molecule has 4 aromatic rings. The molecule has 7 nitrogen and oxygen atoms in total. The summed E-state index contributed by atoms with van der Waals surface area (Å²) in [4.78, 5) is 21.0. The molecule has 2 heterocycles. The fourth-order valence-corrected chi connectivity index (χ4v) is 6.11. The fourth-order valence-electron chi connectivity index (χ4n) is 4.56. The van der Waals surface area contributed by atoms with Crippen molar-refractivity contribution >= 4 is 27.0 Å². The topological polar surface area (TPSA) is 95.2 Å². The number of fused-ring (bicyclic) bond motifs is 1. The third-order valence-corrected chi connectivity index (χ3v) is 8.41. The Labute approximate surface area is 205 Å². The number of aromatic nitrogens is 2. The molecular formula is C27H28N4O3S. The highest BCUT2D eigenvalue weighted by Gasteiger charge is 2.34. The Morgan fingerprint density at radius 3 is 2.51 bits per heavy atom. The highest BCUT2D eigenvalue weighted by atomic mass is 32.2. The molecule has 180 valence electrons. The zero-order valence-corrected chi connectivity index (χ0v) is 20.3. The molecule has 8 heteroatoms. The van der Waals surface area contributed by atoms with Crippen LogP contribution >= 0.6 is 0 Å². The van der Waals surface area contributed by atoms with Gasteiger partial charge in [0.15, 0.2) is 0 Å². The van der Waals surface area contributed by atoms with Crippen LogP contribution in [0, 0.1) is 5.92 Å². The van der Waals surface area contributed by atoms with E-state index in [9.17, 15) is 13.2 Å². The van der Waals surface area contributed by atoms with Gasteiger partial charge in [-0.25, -0.2) is 13.4 Å². The van der Waals surface area contributed by atoms with Crippen molar-refractivity contribution in [3.05, 3.63) is 84.4 Å². The van der Waals surface area contributed by atoms with Crippen LogP contribution in [0.1, 0.15) is 31.4 Å². The number of rotatable bonds is 6. The van der Waals surface area contributed by atoms with Gasteiger partial charge >= 0.3 is 0 Å². The summed E-state index contributed by atoms with van der Waals surface area (Å²) in [6.07, 6.45) is 1.31. The van der Waals surface area contributed by atoms with Gasteiger partial charge in [-0.05, 0) is 43.5 Å². The molecule has 1 aromatic heterocycles. The van der Waals surface area contributed by atoms with E-state index in [2.05, 4.69) is 15.3 Å². The van der Waals surface area contributed by atoms with E-state index in [0.29, 0.717) is 36.2 Å². The molecule has 3 aromatic carbocycles. The number of nitrogens with zero attached hydrogens (tertiary/aromatic N) is 2. The Kier molecular flexibility index (Phi) is 6.40. The van der Waals surface area contributed by atoms with Crippen LogP contribution in [0.15, 0.2) is 83.8 Å². The van der Waals surface area contributed by atoms with Crippen LogP contribution in [-0.4, -0.2) is 41.7 Å². The van der Waals surface area contributed by atoms with E-state index in [1.807, 2.05) is 67.6 Å². The highest BCUT2D eigenvalue weighted by Crippen LogP contribution is 2.28. The number of amides is 1. The predicted octanol–water partition coefficient (Wildman–Crippen LogP) is 4.51. The minimum Gasteiger partial charge on any atom is -0.349 e. The van der Waals surface area contributed by atoms with Gasteiger partial charge in [-0.1, -0.05) is 60.7 Å². The van der Waals surface area contributed by atoms with Gasteiger partial charge in [-0.15, -0.1) is 0 Å². The van der Waals surface area contributed by atoms with Crippen LogP contribution in [-0.2, 0) is 14.8 Å². The van der Waals surface area contributed by atoms with Gasteiger partial charge in [0, 0.05) is 18.7 Å². The number of nitrogens with one attached hydrogen (secondary N) is 2. The number of hydrogen-bond donors (Lipinski definition) is 2. The molecule has 1 saturated heterocycles. The van der Waals surface area contributed by atoms with Gasteiger partial charge in [-0.2, -0.15) is 4.31 Å². The maximum absolute atomic E-state index is 13.5. The summed E-state index contributed by atoms with van der Waals surface area (Å²) in [5.74, 6) is 0.195. The van der Waals surface area contributed by atoms with Crippen molar-refractivity contribution in [1.82, 2.24) is 19.6 Å². The zero-order valence-electron chi connectivity index (χ0n) is 19.5. The van der Waals surface area contributed by atoms with Crippen molar-refractivity contribution in [1.29, 1.82) is 0 Å². The third kappa shape index (κ3) is 4.85. The number of sulfonamides is 1. The number of imidazole rings is 1. The van der Waals surface area contributed by atoms with Crippen LogP contribution in [0.5, 0.6) is 0 Å². The minimum absolute atomic E-state index is 0.113. The first kappa shape index (κ1) is 23.3. The van der Waals surface area contributed by atoms with Gasteiger partial charge in [0.1, 0.15) is 5.82 Å². The van der Waals surface area contributed by atoms with Gasteiger partial charge in [0.25, 0.3) is 0 Å². The van der Waals surface area contributed by atoms with E-state index in [0.717, 1.165) is 11.1 Å². The Morgan fingerprint density at radius 1 is 1.06 bits per heavy atom. The Morgan fingerprint density at radius 2 is 1.77 bits per heavy atom. The van der Waals surface area contributed by atoms with Crippen molar-refractivity contribution in [2.24, 2.45) is 5.92 Å². The highest BCUT2D eigenvalue weighted by molar-refractivity contribution is 7.89. The number of aromatic amines is 1. The number of carbonyl (C=O) groups excluding carboxylic acids is 1. The van der Waals surface area contributed by atoms with Crippen molar-refractivity contribution in [2.45, 2.75) is 30.7 Å². The lowest BCUT2D eigenvalue weighted by molar-refractivity contribution is -0.126. The van der Waals surface area contributed by atoms with E-state index in [1.165, 1.54) is 4.31 Å². The Bertz CT molecular complexity index is 1440. The van der Waals surface area contributed by atoms with E-state index in [1.54, 1.807) is 18.2 Å². The summed E-state index contributed by atoms with van der Waals surface area (Å²) in [5, 5.41) is 3.05. The van der Waals surface area contributed by atoms with Gasteiger partial charge < -0.3 is 10.3 Å². The zero-order chi connectivity index (χ0) is 24.4. The second kappa shape index (κ2) is 9.64. The molecule has 1 aliphatic rings. The Hall–Kier alpha value is -3.49. The summed E-state index contributed by atoms with van der Waals surface area (Å²) < 4.78 is 28.4. The molecule has 1 fully saturated rings. The second-order valence-electron chi connectivity index (χ2n) is 8.97. The maximum atomic E-state index is 13.5. The average Bonchev–Trinajstić information content (AvgIpc) is 3.33. The third-order valence-electron chi connectivity index (χ3n) is 6.55. The van der Waals surface area contributed by atoms with Crippen LogP contribution in [0.25, 0.3) is 22.4 Å². The Balaban J connectivity index is 1.33. The number of benzene rings is 3. The number of hydrogen-bond acceptors (Lipinski definition) is 4. The summed E-state index contributed by atoms with van der Waals surface area (Å²) in [5.41, 5.74) is 3.31. The van der Waals surface area contributed by atoms with E-state index < -0.39 is 10.0 Å². The molecule has 1 aliphatic heterocycles. The van der Waals surface area contributed by atoms with Crippen molar-refractivity contribution in [2.75, 3.05) is 13.1 Å². The van der Waals surface area contributed by atoms with Crippen molar-refractivity contribution < 1.29 is 13.2 Å². The molecule has 2 N–H and O–H groups in total. The maximum Gasteiger partial charge on any atom is 0.243 e. The van der Waals surface area contributed by atoms with Crippen LogP contribution in [0.3, 0.4) is 0 Å². The first-order valence-corrected chi connectivity index (χ1v) is 13.3. The smallest absolute Gasteiger partial charge is 0.243 e. The number of piperidine rings is 1. The molecule has 0 bridgehead atoms. The molecule has 0 unspecified atom stereocenters. The second-order valence-corrected chi connectivity index (χ2v) is 10.9. The predicted molar refractivity (Wildman–Crippen MR) is 136 cm³/mol. The largest absolute Gasteiger partial charge is 0.349 e. The number of H-pyrrole nitrogens is 1. The quantitative estimate of drug-likeness (QED) is 0.418. The molecule has 0 saturated carbocycles. The molecular weight excluding hydrogens is 460 g/mol. The molecule has 35 heavy (non-hydrogen) atoms. The lowest BCUT2D eigenvalue weighted by Crippen LogP contribution is -2.45. The lowest BCUT2D eigenvalue weighted by Gasteiger charge is -2.32. The molecule has 0 radical (unpaired) electrons. The average molecular weight is 489 g/mol. The summed E-state index contributed by atoms with van der Waals surface area (Å²) in [7, 11) is -3.75. The molecule has 5 rings (SSSR count). The van der Waals surface area contributed by atoms with E-state index >= 15 is 0 Å². The first-order valence-electron chi connectivity index (χ1n) is 11.8. The molecule has 0 aliphatic carbocycles. The summed E-state index contributed by atoms with van der Waals surface area (Å²) in [6, 6.07) is 24.3. The van der Waals surface area contributed by atoms with Crippen LogP contribution in [0.4, 0.5) is 0 Å². The lowest BCUT2D eigenvalue weighted by atomic mass is 9.98. The molecule has 0 spiro atoms. The van der Waals surface area contributed by atoms with Gasteiger partial charge in [0.05, 0.1) is 27.9 Å². The van der Waals surface area contributed by atoms with Crippen LogP contribution in [0.2, 0.25) is 0 Å². The fraction of sp³-hybridized carbons (Fsp3) is 0.259. The van der Waals surface area contributed by atoms with E-state index in [4.69, 9.17) is 0 Å². The summed E-state index contributed by atoms with van der Waals surface area (Å²) >= 11 is 0. The summed E-state index contributed by atoms with van der Waals surface area (Å²) in [6.45, 7) is 2.51. The van der Waals surface area contributed by atoms with Crippen LogP contribution < -0.4 is 5.32 Å². The number of carbonyl (C=O) groups is 1.